The number of phenolic OH excluding ortho intramolecular Hbond substituents is 1. The maximum absolute atomic E-state index is 11.0. The van der Waals surface area contributed by atoms with Gasteiger partial charge in [-0.25, -0.2) is 0 Å². The number of ether oxygens (including phenoxy) is 3. The van der Waals surface area contributed by atoms with Crippen LogP contribution in [0.15, 0.2) is 24.3 Å². The van der Waals surface area contributed by atoms with Gasteiger partial charge in [-0.15, -0.1) is 0 Å². The molecule has 9 aliphatic rings. The van der Waals surface area contributed by atoms with Crippen molar-refractivity contribution >= 4 is 0 Å². The lowest BCUT2D eigenvalue weighted by Gasteiger charge is -2.74. The van der Waals surface area contributed by atoms with Crippen LogP contribution in [-0.2, 0) is 21.3 Å². The van der Waals surface area contributed by atoms with Gasteiger partial charge < -0.3 is 19.3 Å². The molecule has 1 aromatic carbocycles. The van der Waals surface area contributed by atoms with E-state index in [9.17, 15) is 5.11 Å². The van der Waals surface area contributed by atoms with E-state index in [1.54, 1.807) is 0 Å². The Labute approximate surface area is 201 Å². The molecule has 3 saturated carbocycles. The molecule has 9 unspecified atom stereocenters. The van der Waals surface area contributed by atoms with Crippen LogP contribution in [0.25, 0.3) is 0 Å². The molecule has 5 heteroatoms. The smallest absolute Gasteiger partial charge is 0.165 e. The molecule has 5 fully saturated rings. The highest BCUT2D eigenvalue weighted by atomic mass is 16.7. The second kappa shape index (κ2) is 5.26. The normalized spacial score (nSPS) is 54.7. The monoisotopic (exact) mass is 461 g/mol. The van der Waals surface area contributed by atoms with Crippen molar-refractivity contribution in [3.05, 3.63) is 35.4 Å². The first kappa shape index (κ1) is 19.6. The minimum Gasteiger partial charge on any atom is -0.504 e. The van der Waals surface area contributed by atoms with Crippen molar-refractivity contribution in [3.8, 4) is 11.5 Å². The quantitative estimate of drug-likeness (QED) is 0.637. The molecule has 34 heavy (non-hydrogen) atoms. The molecule has 3 aliphatic heterocycles. The summed E-state index contributed by atoms with van der Waals surface area (Å²) in [5, 5.41) is 11.0. The summed E-state index contributed by atoms with van der Waals surface area (Å²) in [5.74, 6) is 3.14. The van der Waals surface area contributed by atoms with Crippen molar-refractivity contribution in [1.82, 2.24) is 4.90 Å². The van der Waals surface area contributed by atoms with Crippen molar-refractivity contribution < 1.29 is 19.3 Å². The minimum atomic E-state index is -0.531. The molecule has 6 aliphatic carbocycles. The third-order valence-corrected chi connectivity index (χ3v) is 12.3. The van der Waals surface area contributed by atoms with E-state index in [1.165, 1.54) is 17.5 Å². The van der Waals surface area contributed by atoms with Gasteiger partial charge in [0.1, 0.15) is 18.5 Å². The number of aromatic hydroxyl groups is 1. The molecule has 10 rings (SSSR count). The Kier molecular flexibility index (Phi) is 3.03. The first-order chi connectivity index (χ1) is 16.2. The topological polar surface area (TPSA) is 51.2 Å². The zero-order valence-electron chi connectivity index (χ0n) is 20.6. The van der Waals surface area contributed by atoms with E-state index in [-0.39, 0.29) is 40.7 Å². The van der Waals surface area contributed by atoms with Crippen molar-refractivity contribution in [2.24, 2.45) is 28.6 Å². The van der Waals surface area contributed by atoms with Gasteiger partial charge in [-0.2, -0.15) is 0 Å². The second-order valence-electron chi connectivity index (χ2n) is 13.9. The summed E-state index contributed by atoms with van der Waals surface area (Å²) in [5.41, 5.74) is 1.66. The van der Waals surface area contributed by atoms with Gasteiger partial charge in [0.2, 0.25) is 0 Å². The van der Waals surface area contributed by atoms with Crippen LogP contribution in [-0.4, -0.2) is 52.7 Å². The fourth-order valence-corrected chi connectivity index (χ4v) is 10.1. The SMILES string of the molecule is CC(C)(C)C1(C)OCOC23C=CC4(CC21)C1Cc2ccc(O)c5c2C4(CCN1C1C2CC21)C3O5. The number of hydrogen-bond acceptors (Lipinski definition) is 5. The highest BCUT2D eigenvalue weighted by molar-refractivity contribution is 5.65. The molecule has 0 aromatic heterocycles. The predicted octanol–water partition coefficient (Wildman–Crippen LogP) is 4.16. The van der Waals surface area contributed by atoms with E-state index in [4.69, 9.17) is 14.2 Å². The van der Waals surface area contributed by atoms with E-state index in [2.05, 4.69) is 50.8 Å². The van der Waals surface area contributed by atoms with Crippen LogP contribution < -0.4 is 4.74 Å². The molecular weight excluding hydrogens is 426 g/mol. The van der Waals surface area contributed by atoms with Crippen LogP contribution in [0.4, 0.5) is 0 Å². The maximum atomic E-state index is 11.0. The average molecular weight is 462 g/mol. The fourth-order valence-electron chi connectivity index (χ4n) is 10.1. The van der Waals surface area contributed by atoms with Gasteiger partial charge >= 0.3 is 0 Å². The molecule has 0 amide bonds. The summed E-state index contributed by atoms with van der Waals surface area (Å²) >= 11 is 0. The van der Waals surface area contributed by atoms with E-state index in [0.29, 0.717) is 11.8 Å². The summed E-state index contributed by atoms with van der Waals surface area (Å²) < 4.78 is 20.2. The largest absolute Gasteiger partial charge is 0.504 e. The lowest BCUT2D eigenvalue weighted by atomic mass is 9.35. The lowest BCUT2D eigenvalue weighted by molar-refractivity contribution is -0.356. The Balaban J connectivity index is 1.32. The summed E-state index contributed by atoms with van der Waals surface area (Å²) in [7, 11) is 0. The van der Waals surface area contributed by atoms with Gasteiger partial charge in [0.05, 0.1) is 11.0 Å². The molecule has 180 valence electrons. The Hall–Kier alpha value is -1.56. The Morgan fingerprint density at radius 2 is 1.94 bits per heavy atom. The van der Waals surface area contributed by atoms with Crippen molar-refractivity contribution in [2.75, 3.05) is 13.3 Å². The number of likely N-dealkylation sites (tertiary alicyclic amines) is 1. The molecule has 3 spiro atoms. The third-order valence-electron chi connectivity index (χ3n) is 12.3. The summed E-state index contributed by atoms with van der Waals surface area (Å²) in [6.07, 6.45) is 9.50. The van der Waals surface area contributed by atoms with Gasteiger partial charge in [-0.1, -0.05) is 39.0 Å². The summed E-state index contributed by atoms with van der Waals surface area (Å²) in [4.78, 5) is 2.91. The number of piperidine rings is 1. The van der Waals surface area contributed by atoms with Gasteiger partial charge in [0.25, 0.3) is 0 Å². The molecule has 1 aromatic rings. The molecule has 0 radical (unpaired) electrons. The second-order valence-corrected chi connectivity index (χ2v) is 13.9. The first-order valence-corrected chi connectivity index (χ1v) is 13.4. The first-order valence-electron chi connectivity index (χ1n) is 13.4. The van der Waals surface area contributed by atoms with Gasteiger partial charge in [0.15, 0.2) is 11.5 Å². The van der Waals surface area contributed by atoms with E-state index >= 15 is 0 Å². The predicted molar refractivity (Wildman–Crippen MR) is 126 cm³/mol. The molecule has 2 saturated heterocycles. The van der Waals surface area contributed by atoms with Gasteiger partial charge in [0, 0.05) is 29.0 Å². The maximum Gasteiger partial charge on any atom is 0.165 e. The number of rotatable bonds is 1. The zero-order chi connectivity index (χ0) is 23.0. The van der Waals surface area contributed by atoms with E-state index < -0.39 is 5.60 Å². The van der Waals surface area contributed by atoms with Crippen LogP contribution in [0.5, 0.6) is 11.5 Å². The highest BCUT2D eigenvalue weighted by Gasteiger charge is 2.83. The Bertz CT molecular complexity index is 1200. The Morgan fingerprint density at radius 1 is 1.12 bits per heavy atom. The standard InChI is InChI=1S/C29H35NO4/c1-25(2,3)26(4)19-13-27-7-8-29(19,33-14-32-26)24-28(27)9-10-30(22-16-12-17(16)22)20(27)11-15-5-6-18(31)23(34-24)21(15)28/h5-8,16-17,19-20,22,24,31H,9-14H2,1-4H3. The molecule has 9 atom stereocenters. The summed E-state index contributed by atoms with van der Waals surface area (Å²) in [6, 6.07) is 5.33. The van der Waals surface area contributed by atoms with Gasteiger partial charge in [-0.3, -0.25) is 4.90 Å². The minimum absolute atomic E-state index is 0.0139. The highest BCUT2D eigenvalue weighted by Crippen LogP contribution is 2.78. The van der Waals surface area contributed by atoms with Gasteiger partial charge in [-0.05, 0) is 68.0 Å². The molecule has 3 heterocycles. The van der Waals surface area contributed by atoms with Crippen LogP contribution >= 0.6 is 0 Å². The van der Waals surface area contributed by atoms with Crippen molar-refractivity contribution in [1.29, 1.82) is 0 Å². The zero-order valence-corrected chi connectivity index (χ0v) is 20.6. The number of nitrogens with zero attached hydrogens (tertiary/aromatic N) is 1. The number of benzene rings is 1. The molecule has 5 nitrogen and oxygen atoms in total. The fraction of sp³-hybridized carbons (Fsp3) is 0.724. The van der Waals surface area contributed by atoms with Crippen molar-refractivity contribution in [2.45, 2.75) is 88.2 Å². The van der Waals surface area contributed by atoms with Crippen LogP contribution in [0, 0.1) is 28.6 Å². The van der Waals surface area contributed by atoms with Crippen LogP contribution in [0.3, 0.4) is 0 Å². The van der Waals surface area contributed by atoms with E-state index in [1.807, 2.05) is 6.07 Å². The summed E-state index contributed by atoms with van der Waals surface area (Å²) in [6.45, 7) is 10.7. The third kappa shape index (κ3) is 1.73. The lowest BCUT2D eigenvalue weighted by Crippen LogP contribution is -2.83. The number of fused-ring (bicyclic) bond motifs is 1. The van der Waals surface area contributed by atoms with Crippen LogP contribution in [0.1, 0.15) is 58.1 Å². The molecule has 1 N–H and O–H groups in total. The van der Waals surface area contributed by atoms with Crippen LogP contribution in [0.2, 0.25) is 0 Å². The average Bonchev–Trinajstić information content (AvgIpc) is 3.67. The number of hydrogen-bond donors (Lipinski definition) is 1. The molecular formula is C29H35NO4. The number of phenols is 1. The molecule has 4 bridgehead atoms. The Morgan fingerprint density at radius 3 is 2.68 bits per heavy atom. The van der Waals surface area contributed by atoms with E-state index in [0.717, 1.165) is 49.4 Å². The van der Waals surface area contributed by atoms with Crippen molar-refractivity contribution in [3.63, 3.8) is 0 Å².